The van der Waals surface area contributed by atoms with Crippen LogP contribution in [-0.4, -0.2) is 90.1 Å². The third kappa shape index (κ3) is 3.82. The molecular weight excluding hydrogens is 382 g/mol. The molecule has 10 nitrogen and oxygen atoms in total. The van der Waals surface area contributed by atoms with E-state index in [0.29, 0.717) is 28.7 Å². The van der Waals surface area contributed by atoms with E-state index in [1.807, 2.05) is 0 Å². The fourth-order valence-electron chi connectivity index (χ4n) is 3.87. The van der Waals surface area contributed by atoms with Crippen molar-refractivity contribution in [3.05, 3.63) is 12.7 Å². The van der Waals surface area contributed by atoms with Crippen molar-refractivity contribution < 1.29 is 14.9 Å². The number of nitrogens with two attached hydrogens (primary N) is 2. The highest BCUT2D eigenvalue weighted by molar-refractivity contribution is 7.99. The summed E-state index contributed by atoms with van der Waals surface area (Å²) in [5, 5.41) is 21.6. The van der Waals surface area contributed by atoms with Gasteiger partial charge in [-0.15, -0.1) is 0 Å². The predicted molar refractivity (Wildman–Crippen MR) is 107 cm³/mol. The average Bonchev–Trinajstić information content (AvgIpc) is 3.25. The van der Waals surface area contributed by atoms with Gasteiger partial charge in [-0.3, -0.25) is 4.57 Å². The van der Waals surface area contributed by atoms with Gasteiger partial charge in [-0.25, -0.2) is 15.0 Å². The molecule has 2 aliphatic rings. The first-order chi connectivity index (χ1) is 13.6. The Kier molecular flexibility index (Phi) is 5.99. The second-order valence-electron chi connectivity index (χ2n) is 7.29. The fourth-order valence-corrected chi connectivity index (χ4v) is 5.15. The molecule has 2 fully saturated rings. The number of nitrogens with zero attached hydrogens (tertiary/aromatic N) is 5. The Balaban J connectivity index is 1.37. The van der Waals surface area contributed by atoms with E-state index in [4.69, 9.17) is 16.2 Å². The molecule has 1 unspecified atom stereocenters. The van der Waals surface area contributed by atoms with Crippen LogP contribution in [0.1, 0.15) is 19.1 Å². The zero-order valence-corrected chi connectivity index (χ0v) is 16.4. The lowest BCUT2D eigenvalue weighted by atomic mass is 10.1. The maximum Gasteiger partial charge on any atom is 0.167 e. The summed E-state index contributed by atoms with van der Waals surface area (Å²) >= 11 is 1.80. The molecule has 0 bridgehead atoms. The zero-order chi connectivity index (χ0) is 19.7. The van der Waals surface area contributed by atoms with Crippen LogP contribution in [0.15, 0.2) is 12.7 Å². The van der Waals surface area contributed by atoms with Crippen LogP contribution in [0.2, 0.25) is 0 Å². The molecule has 4 heterocycles. The van der Waals surface area contributed by atoms with Crippen LogP contribution < -0.4 is 11.5 Å². The number of hydrogen-bond acceptors (Lipinski definition) is 10. The van der Waals surface area contributed by atoms with E-state index in [-0.39, 0.29) is 5.82 Å². The van der Waals surface area contributed by atoms with E-state index >= 15 is 0 Å². The standard InChI is InChI=1S/C17H27N7O3S/c18-3-6-23-4-1-10(2-5-23)28-7-11-13(25)14(26)17(27-11)24-9-22-12-15(19)20-8-21-16(12)24/h8-11,13-14,17,25-26H,1-7,18H2,(H2,19,20,21)/t11-,13+,14?,17-/m1/s1. The fraction of sp³-hybridized carbons (Fsp3) is 0.706. The molecule has 4 rings (SSSR count). The van der Waals surface area contributed by atoms with Crippen molar-refractivity contribution in [1.29, 1.82) is 0 Å². The molecule has 4 atom stereocenters. The first-order valence-corrected chi connectivity index (χ1v) is 10.6. The topological polar surface area (TPSA) is 149 Å². The van der Waals surface area contributed by atoms with Crippen LogP contribution in [-0.2, 0) is 4.74 Å². The van der Waals surface area contributed by atoms with Crippen molar-refractivity contribution in [3.8, 4) is 0 Å². The Bertz CT molecular complexity index is 798. The van der Waals surface area contributed by atoms with Gasteiger partial charge >= 0.3 is 0 Å². The number of aliphatic hydroxyl groups is 2. The Hall–Kier alpha value is -1.50. The van der Waals surface area contributed by atoms with Crippen molar-refractivity contribution in [2.24, 2.45) is 5.73 Å². The summed E-state index contributed by atoms with van der Waals surface area (Å²) in [5.41, 5.74) is 12.4. The Morgan fingerprint density at radius 2 is 1.96 bits per heavy atom. The summed E-state index contributed by atoms with van der Waals surface area (Å²) in [6, 6.07) is 0. The highest BCUT2D eigenvalue weighted by atomic mass is 32.2. The zero-order valence-electron chi connectivity index (χ0n) is 15.6. The number of aliphatic hydroxyl groups excluding tert-OH is 2. The Morgan fingerprint density at radius 1 is 1.18 bits per heavy atom. The molecule has 2 aliphatic heterocycles. The van der Waals surface area contributed by atoms with Crippen molar-refractivity contribution in [2.45, 2.75) is 42.6 Å². The molecule has 2 aromatic rings. The first kappa shape index (κ1) is 19.8. The van der Waals surface area contributed by atoms with E-state index in [0.717, 1.165) is 32.5 Å². The SMILES string of the molecule is NCCN1CCC(SC[C@H]2O[C@@H](n3cnc4c(N)ncnc43)C(O)[C@H]2O)CC1. The summed E-state index contributed by atoms with van der Waals surface area (Å²) in [4.78, 5) is 14.7. The van der Waals surface area contributed by atoms with Crippen LogP contribution in [0.4, 0.5) is 5.82 Å². The summed E-state index contributed by atoms with van der Waals surface area (Å²) in [5.74, 6) is 0.893. The second kappa shape index (κ2) is 8.47. The van der Waals surface area contributed by atoms with Gasteiger partial charge < -0.3 is 31.3 Å². The number of aromatic nitrogens is 4. The minimum atomic E-state index is -1.06. The maximum atomic E-state index is 10.5. The minimum absolute atomic E-state index is 0.268. The molecule has 154 valence electrons. The molecule has 0 aromatic carbocycles. The van der Waals surface area contributed by atoms with Crippen molar-refractivity contribution >= 4 is 28.7 Å². The van der Waals surface area contributed by atoms with Crippen LogP contribution in [0.3, 0.4) is 0 Å². The molecule has 0 radical (unpaired) electrons. The van der Waals surface area contributed by atoms with Crippen LogP contribution in [0.5, 0.6) is 0 Å². The van der Waals surface area contributed by atoms with E-state index < -0.39 is 24.5 Å². The number of imidazole rings is 1. The number of piperidine rings is 1. The lowest BCUT2D eigenvalue weighted by molar-refractivity contribution is -0.0289. The molecule has 6 N–H and O–H groups in total. The Morgan fingerprint density at radius 3 is 2.71 bits per heavy atom. The molecule has 0 spiro atoms. The van der Waals surface area contributed by atoms with Gasteiger partial charge in [-0.1, -0.05) is 0 Å². The van der Waals surface area contributed by atoms with Crippen molar-refractivity contribution in [3.63, 3.8) is 0 Å². The second-order valence-corrected chi connectivity index (χ2v) is 8.63. The molecule has 0 saturated carbocycles. The van der Waals surface area contributed by atoms with Gasteiger partial charge in [0.1, 0.15) is 24.1 Å². The highest BCUT2D eigenvalue weighted by Crippen LogP contribution is 2.35. The third-order valence-corrected chi connectivity index (χ3v) is 6.94. The first-order valence-electron chi connectivity index (χ1n) is 9.57. The summed E-state index contributed by atoms with van der Waals surface area (Å²) in [6.07, 6.45) is 1.81. The number of ether oxygens (including phenoxy) is 1. The normalized spacial score (nSPS) is 29.7. The van der Waals surface area contributed by atoms with Crippen molar-refractivity contribution in [2.75, 3.05) is 37.7 Å². The number of anilines is 1. The largest absolute Gasteiger partial charge is 0.387 e. The molecule has 28 heavy (non-hydrogen) atoms. The number of hydrogen-bond donors (Lipinski definition) is 4. The molecule has 0 aliphatic carbocycles. The maximum absolute atomic E-state index is 10.5. The summed E-state index contributed by atoms with van der Waals surface area (Å²) < 4.78 is 7.61. The van der Waals surface area contributed by atoms with E-state index in [2.05, 4.69) is 19.9 Å². The molecule has 2 saturated heterocycles. The van der Waals surface area contributed by atoms with Gasteiger partial charge in [0.15, 0.2) is 17.7 Å². The van der Waals surface area contributed by atoms with Crippen LogP contribution in [0, 0.1) is 0 Å². The molecule has 2 aromatic heterocycles. The van der Waals surface area contributed by atoms with Gasteiger partial charge in [0, 0.05) is 24.1 Å². The quantitative estimate of drug-likeness (QED) is 0.477. The number of rotatable bonds is 6. The Labute approximate surface area is 167 Å². The lowest BCUT2D eigenvalue weighted by Crippen LogP contribution is -2.38. The van der Waals surface area contributed by atoms with Crippen LogP contribution in [0.25, 0.3) is 11.2 Å². The minimum Gasteiger partial charge on any atom is -0.387 e. The van der Waals surface area contributed by atoms with Gasteiger partial charge in [0.2, 0.25) is 0 Å². The van der Waals surface area contributed by atoms with Gasteiger partial charge in [0.05, 0.1) is 12.4 Å². The highest BCUT2D eigenvalue weighted by Gasteiger charge is 2.44. The number of likely N-dealkylation sites (tertiary alicyclic amines) is 1. The summed E-state index contributed by atoms with van der Waals surface area (Å²) in [7, 11) is 0. The smallest absolute Gasteiger partial charge is 0.167 e. The number of thioether (sulfide) groups is 1. The average molecular weight is 410 g/mol. The summed E-state index contributed by atoms with van der Waals surface area (Å²) in [6.45, 7) is 3.74. The van der Waals surface area contributed by atoms with E-state index in [1.54, 1.807) is 16.3 Å². The molecule has 0 amide bonds. The number of nitrogen functional groups attached to an aromatic ring is 1. The van der Waals surface area contributed by atoms with E-state index in [1.165, 1.54) is 12.7 Å². The van der Waals surface area contributed by atoms with Crippen LogP contribution >= 0.6 is 11.8 Å². The predicted octanol–water partition coefficient (Wildman–Crippen LogP) is -0.816. The van der Waals surface area contributed by atoms with Crippen molar-refractivity contribution in [1.82, 2.24) is 24.4 Å². The number of fused-ring (bicyclic) bond motifs is 1. The van der Waals surface area contributed by atoms with Gasteiger partial charge in [0.25, 0.3) is 0 Å². The molecular formula is C17H27N7O3S. The lowest BCUT2D eigenvalue weighted by Gasteiger charge is -2.31. The van der Waals surface area contributed by atoms with Gasteiger partial charge in [-0.2, -0.15) is 11.8 Å². The molecule has 11 heteroatoms. The third-order valence-electron chi connectivity index (χ3n) is 5.47. The van der Waals surface area contributed by atoms with E-state index in [9.17, 15) is 10.2 Å². The van der Waals surface area contributed by atoms with Gasteiger partial charge in [-0.05, 0) is 25.9 Å². The monoisotopic (exact) mass is 409 g/mol.